The van der Waals surface area contributed by atoms with Gasteiger partial charge in [-0.05, 0) is 31.0 Å². The number of benzene rings is 1. The average molecular weight is 409 g/mol. The lowest BCUT2D eigenvalue weighted by Gasteiger charge is -2.35. The predicted octanol–water partition coefficient (Wildman–Crippen LogP) is 1.41. The van der Waals surface area contributed by atoms with Crippen LogP contribution in [0.25, 0.3) is 0 Å². The Morgan fingerprint density at radius 3 is 2.36 bits per heavy atom. The van der Waals surface area contributed by atoms with Crippen molar-refractivity contribution in [2.75, 3.05) is 32.8 Å². The highest BCUT2D eigenvalue weighted by molar-refractivity contribution is 7.89. The van der Waals surface area contributed by atoms with Gasteiger partial charge in [0.25, 0.3) is 0 Å². The largest absolute Gasteiger partial charge is 0.283 e. The van der Waals surface area contributed by atoms with Gasteiger partial charge in [-0.25, -0.2) is 12.8 Å². The van der Waals surface area contributed by atoms with E-state index in [1.54, 1.807) is 0 Å². The van der Waals surface area contributed by atoms with Crippen LogP contribution in [0.4, 0.5) is 4.39 Å². The summed E-state index contributed by atoms with van der Waals surface area (Å²) in [5, 5.41) is 0. The maximum absolute atomic E-state index is 13.4. The van der Waals surface area contributed by atoms with Crippen molar-refractivity contribution in [1.29, 1.82) is 0 Å². The molecule has 152 valence electrons. The Kier molecular flexibility index (Phi) is 5.01. The van der Waals surface area contributed by atoms with Crippen molar-refractivity contribution >= 4 is 21.8 Å². The second-order valence-electron chi connectivity index (χ2n) is 7.91. The van der Waals surface area contributed by atoms with Crippen LogP contribution in [0.15, 0.2) is 29.2 Å². The zero-order valence-electron chi connectivity index (χ0n) is 15.6. The molecule has 1 aromatic rings. The molecule has 9 heteroatoms. The third kappa shape index (κ3) is 3.35. The van der Waals surface area contributed by atoms with Crippen LogP contribution in [0.1, 0.15) is 32.1 Å². The van der Waals surface area contributed by atoms with E-state index in [1.807, 2.05) is 4.90 Å². The SMILES string of the molecule is O=C1CC2(CCCC2)C(=O)N1CN1CCN(S(=O)(=O)c2cccc(F)c2)CC1. The molecule has 3 aliphatic rings. The molecule has 2 aliphatic heterocycles. The van der Waals surface area contributed by atoms with Crippen molar-refractivity contribution < 1.29 is 22.4 Å². The van der Waals surface area contributed by atoms with E-state index >= 15 is 0 Å². The second-order valence-corrected chi connectivity index (χ2v) is 9.85. The molecule has 0 radical (unpaired) electrons. The number of halogens is 1. The molecule has 0 unspecified atom stereocenters. The first-order valence-electron chi connectivity index (χ1n) is 9.65. The number of rotatable bonds is 4. The summed E-state index contributed by atoms with van der Waals surface area (Å²) in [5.74, 6) is -0.780. The summed E-state index contributed by atoms with van der Waals surface area (Å²) in [5.41, 5.74) is -0.486. The maximum Gasteiger partial charge on any atom is 0.243 e. The van der Waals surface area contributed by atoms with Crippen molar-refractivity contribution in [2.45, 2.75) is 37.0 Å². The number of hydrogen-bond donors (Lipinski definition) is 0. The van der Waals surface area contributed by atoms with Gasteiger partial charge < -0.3 is 0 Å². The number of nitrogens with zero attached hydrogens (tertiary/aromatic N) is 3. The third-order valence-electron chi connectivity index (χ3n) is 6.16. The summed E-state index contributed by atoms with van der Waals surface area (Å²) < 4.78 is 40.1. The Balaban J connectivity index is 1.38. The average Bonchev–Trinajstić information content (AvgIpc) is 3.23. The first-order chi connectivity index (χ1) is 13.3. The first kappa shape index (κ1) is 19.5. The van der Waals surface area contributed by atoms with E-state index in [-0.39, 0.29) is 36.5 Å². The lowest BCUT2D eigenvalue weighted by molar-refractivity contribution is -0.144. The van der Waals surface area contributed by atoms with Gasteiger partial charge in [0.15, 0.2) is 0 Å². The van der Waals surface area contributed by atoms with Gasteiger partial charge in [0.2, 0.25) is 21.8 Å². The van der Waals surface area contributed by atoms with Crippen LogP contribution in [-0.2, 0) is 19.6 Å². The molecule has 2 saturated heterocycles. The molecule has 1 saturated carbocycles. The van der Waals surface area contributed by atoms with Crippen LogP contribution in [0.2, 0.25) is 0 Å². The van der Waals surface area contributed by atoms with Crippen molar-refractivity contribution in [1.82, 2.24) is 14.1 Å². The Morgan fingerprint density at radius 1 is 1.04 bits per heavy atom. The molecule has 7 nitrogen and oxygen atoms in total. The predicted molar refractivity (Wildman–Crippen MR) is 99.0 cm³/mol. The Morgan fingerprint density at radius 2 is 1.71 bits per heavy atom. The molecular weight excluding hydrogens is 385 g/mol. The number of piperazine rings is 1. The molecule has 1 spiro atoms. The normalized spacial score (nSPS) is 23.8. The van der Waals surface area contributed by atoms with Gasteiger partial charge in [-0.2, -0.15) is 4.31 Å². The van der Waals surface area contributed by atoms with E-state index in [2.05, 4.69) is 0 Å². The molecule has 2 heterocycles. The van der Waals surface area contributed by atoms with Gasteiger partial charge in [-0.15, -0.1) is 0 Å². The van der Waals surface area contributed by atoms with Crippen molar-refractivity contribution in [3.63, 3.8) is 0 Å². The highest BCUT2D eigenvalue weighted by Gasteiger charge is 2.52. The van der Waals surface area contributed by atoms with Crippen LogP contribution in [0.5, 0.6) is 0 Å². The number of sulfonamides is 1. The van der Waals surface area contributed by atoms with E-state index in [1.165, 1.54) is 27.4 Å². The topological polar surface area (TPSA) is 78.0 Å². The molecule has 1 aromatic carbocycles. The molecule has 0 atom stereocenters. The van der Waals surface area contributed by atoms with Crippen molar-refractivity contribution in [3.8, 4) is 0 Å². The van der Waals surface area contributed by atoms with Crippen LogP contribution < -0.4 is 0 Å². The van der Waals surface area contributed by atoms with Crippen LogP contribution in [0.3, 0.4) is 0 Å². The van der Waals surface area contributed by atoms with E-state index in [9.17, 15) is 22.4 Å². The lowest BCUT2D eigenvalue weighted by atomic mass is 9.85. The first-order valence-corrected chi connectivity index (χ1v) is 11.1. The Bertz CT molecular complexity index is 890. The van der Waals surface area contributed by atoms with E-state index in [0.717, 1.165) is 31.7 Å². The van der Waals surface area contributed by atoms with E-state index in [0.29, 0.717) is 19.5 Å². The smallest absolute Gasteiger partial charge is 0.243 e. The summed E-state index contributed by atoms with van der Waals surface area (Å²) in [6, 6.07) is 4.98. The number of carbonyl (C=O) groups is 2. The molecule has 28 heavy (non-hydrogen) atoms. The molecule has 0 aromatic heterocycles. The highest BCUT2D eigenvalue weighted by atomic mass is 32.2. The van der Waals surface area contributed by atoms with Crippen LogP contribution in [-0.4, -0.2) is 67.2 Å². The molecule has 4 rings (SSSR count). The standard InChI is InChI=1S/C19H24FN3O4S/c20-15-4-3-5-16(12-15)28(26,27)22-10-8-21(9-11-22)14-23-17(24)13-19(18(23)25)6-1-2-7-19/h3-5,12H,1-2,6-11,13-14H2. The Labute approximate surface area is 164 Å². The fourth-order valence-electron chi connectivity index (χ4n) is 4.53. The number of hydrogen-bond acceptors (Lipinski definition) is 5. The zero-order valence-corrected chi connectivity index (χ0v) is 16.5. The lowest BCUT2D eigenvalue weighted by Crippen LogP contribution is -2.52. The minimum absolute atomic E-state index is 0.0611. The van der Waals surface area contributed by atoms with Gasteiger partial charge in [0.1, 0.15) is 5.82 Å². The van der Waals surface area contributed by atoms with Crippen molar-refractivity contribution in [2.24, 2.45) is 5.41 Å². The third-order valence-corrected chi connectivity index (χ3v) is 8.05. The van der Waals surface area contributed by atoms with E-state index < -0.39 is 21.3 Å². The number of imide groups is 1. The summed E-state index contributed by atoms with van der Waals surface area (Å²) in [7, 11) is -3.76. The Hall–Kier alpha value is -1.84. The molecular formula is C19H24FN3O4S. The molecule has 3 fully saturated rings. The summed E-state index contributed by atoms with van der Waals surface area (Å²) in [6.07, 6.45) is 3.86. The van der Waals surface area contributed by atoms with Gasteiger partial charge in [0, 0.05) is 32.6 Å². The highest BCUT2D eigenvalue weighted by Crippen LogP contribution is 2.46. The zero-order chi connectivity index (χ0) is 19.9. The minimum Gasteiger partial charge on any atom is -0.283 e. The summed E-state index contributed by atoms with van der Waals surface area (Å²) >= 11 is 0. The monoisotopic (exact) mass is 409 g/mol. The molecule has 0 N–H and O–H groups in total. The second kappa shape index (κ2) is 7.20. The molecule has 0 bridgehead atoms. The summed E-state index contributed by atoms with van der Waals surface area (Å²) in [4.78, 5) is 28.4. The van der Waals surface area contributed by atoms with Crippen molar-refractivity contribution in [3.05, 3.63) is 30.1 Å². The van der Waals surface area contributed by atoms with Crippen LogP contribution in [0, 0.1) is 11.2 Å². The minimum atomic E-state index is -3.76. The van der Waals surface area contributed by atoms with Gasteiger partial charge in [0.05, 0.1) is 17.0 Å². The van der Waals surface area contributed by atoms with Gasteiger partial charge in [-0.3, -0.25) is 19.4 Å². The number of amides is 2. The van der Waals surface area contributed by atoms with Gasteiger partial charge in [-0.1, -0.05) is 18.9 Å². The maximum atomic E-state index is 13.4. The fraction of sp³-hybridized carbons (Fsp3) is 0.579. The summed E-state index contributed by atoms with van der Waals surface area (Å²) in [6.45, 7) is 1.52. The van der Waals surface area contributed by atoms with Crippen LogP contribution >= 0.6 is 0 Å². The van der Waals surface area contributed by atoms with E-state index in [4.69, 9.17) is 0 Å². The number of carbonyl (C=O) groups excluding carboxylic acids is 2. The number of likely N-dealkylation sites (tertiary alicyclic amines) is 1. The van der Waals surface area contributed by atoms with Gasteiger partial charge >= 0.3 is 0 Å². The fourth-order valence-corrected chi connectivity index (χ4v) is 5.99. The molecule has 1 aliphatic carbocycles. The quantitative estimate of drug-likeness (QED) is 0.703. The molecule has 2 amide bonds.